The summed E-state index contributed by atoms with van der Waals surface area (Å²) in [6, 6.07) is 2.69. The molecule has 1 aromatic heterocycles. The number of likely N-dealkylation sites (tertiary alicyclic amines) is 1. The van der Waals surface area contributed by atoms with E-state index in [2.05, 4.69) is 34.7 Å². The maximum Gasteiger partial charge on any atom is 0.0489 e. The molecule has 0 amide bonds. The minimum absolute atomic E-state index is 0.692. The summed E-state index contributed by atoms with van der Waals surface area (Å²) in [5.74, 6) is 0.789. The van der Waals surface area contributed by atoms with Crippen molar-refractivity contribution in [3.63, 3.8) is 0 Å². The summed E-state index contributed by atoms with van der Waals surface area (Å²) in [6.07, 6.45) is 5.23. The molecule has 1 aliphatic heterocycles. The molecule has 0 aromatic carbocycles. The Bertz CT molecular complexity index is 266. The Labute approximate surface area is 85.7 Å². The molecule has 2 rings (SSSR count). The summed E-state index contributed by atoms with van der Waals surface area (Å²) >= 11 is 0. The molecule has 2 heterocycles. The van der Waals surface area contributed by atoms with Crippen LogP contribution < -0.4 is 0 Å². The van der Waals surface area contributed by atoms with Crippen molar-refractivity contribution < 1.29 is 0 Å². The van der Waals surface area contributed by atoms with Crippen LogP contribution >= 0.6 is 0 Å². The zero-order valence-corrected chi connectivity index (χ0v) is 9.06. The number of hydrogen-bond donors (Lipinski definition) is 0. The Hall–Kier alpha value is -0.830. The van der Waals surface area contributed by atoms with Crippen molar-refractivity contribution in [2.45, 2.75) is 32.9 Å². The molecule has 0 spiro atoms. The minimum atomic E-state index is 0.692. The summed E-state index contributed by atoms with van der Waals surface area (Å²) in [6.45, 7) is 8.12. The molecule has 14 heavy (non-hydrogen) atoms. The van der Waals surface area contributed by atoms with Gasteiger partial charge in [0.25, 0.3) is 0 Å². The predicted molar refractivity (Wildman–Crippen MR) is 57.0 cm³/mol. The molecule has 0 radical (unpaired) electrons. The van der Waals surface area contributed by atoms with E-state index < -0.39 is 0 Å². The Morgan fingerprint density at radius 2 is 2.36 bits per heavy atom. The van der Waals surface area contributed by atoms with Crippen LogP contribution in [-0.4, -0.2) is 33.8 Å². The van der Waals surface area contributed by atoms with Crippen molar-refractivity contribution in [1.82, 2.24) is 14.7 Å². The first-order chi connectivity index (χ1) is 6.75. The van der Waals surface area contributed by atoms with Crippen LogP contribution in [0, 0.1) is 5.92 Å². The third kappa shape index (κ3) is 2.15. The van der Waals surface area contributed by atoms with Crippen LogP contribution in [0.25, 0.3) is 0 Å². The highest BCUT2D eigenvalue weighted by Gasteiger charge is 2.24. The lowest BCUT2D eigenvalue weighted by Gasteiger charge is -2.20. The van der Waals surface area contributed by atoms with Gasteiger partial charge in [0.05, 0.1) is 0 Å². The van der Waals surface area contributed by atoms with E-state index in [1.807, 2.05) is 12.3 Å². The molecular formula is C11H19N3. The second kappa shape index (κ2) is 4.13. The van der Waals surface area contributed by atoms with E-state index >= 15 is 0 Å². The van der Waals surface area contributed by atoms with Crippen LogP contribution in [0.2, 0.25) is 0 Å². The average molecular weight is 193 g/mol. The van der Waals surface area contributed by atoms with Gasteiger partial charge in [0, 0.05) is 31.5 Å². The highest BCUT2D eigenvalue weighted by Crippen LogP contribution is 2.19. The SMILES string of the molecule is CC(C)N1CCC(Cn2cccn2)C1. The van der Waals surface area contributed by atoms with E-state index in [4.69, 9.17) is 0 Å². The van der Waals surface area contributed by atoms with Gasteiger partial charge in [0.1, 0.15) is 0 Å². The van der Waals surface area contributed by atoms with Crippen LogP contribution in [0.1, 0.15) is 20.3 Å². The third-order valence-electron chi connectivity index (χ3n) is 3.05. The van der Waals surface area contributed by atoms with Crippen LogP contribution in [0.3, 0.4) is 0 Å². The van der Waals surface area contributed by atoms with E-state index in [-0.39, 0.29) is 0 Å². The fourth-order valence-corrected chi connectivity index (χ4v) is 2.15. The van der Waals surface area contributed by atoms with Gasteiger partial charge in [-0.1, -0.05) is 0 Å². The third-order valence-corrected chi connectivity index (χ3v) is 3.05. The van der Waals surface area contributed by atoms with Crippen molar-refractivity contribution in [1.29, 1.82) is 0 Å². The number of hydrogen-bond acceptors (Lipinski definition) is 2. The smallest absolute Gasteiger partial charge is 0.0489 e. The molecule has 0 N–H and O–H groups in total. The van der Waals surface area contributed by atoms with Gasteiger partial charge in [0.2, 0.25) is 0 Å². The Morgan fingerprint density at radius 3 is 2.93 bits per heavy atom. The predicted octanol–water partition coefficient (Wildman–Crippen LogP) is 1.61. The van der Waals surface area contributed by atoms with Crippen molar-refractivity contribution in [2.24, 2.45) is 5.92 Å². The molecule has 0 bridgehead atoms. The van der Waals surface area contributed by atoms with Gasteiger partial charge in [-0.2, -0.15) is 5.10 Å². The van der Waals surface area contributed by atoms with Gasteiger partial charge in [0.15, 0.2) is 0 Å². The molecule has 1 unspecified atom stereocenters. The minimum Gasteiger partial charge on any atom is -0.301 e. The summed E-state index contributed by atoms with van der Waals surface area (Å²) in [4.78, 5) is 2.55. The van der Waals surface area contributed by atoms with E-state index in [9.17, 15) is 0 Å². The number of nitrogens with zero attached hydrogens (tertiary/aromatic N) is 3. The molecular weight excluding hydrogens is 174 g/mol. The molecule has 3 heteroatoms. The molecule has 0 aliphatic carbocycles. The molecule has 1 saturated heterocycles. The molecule has 1 aliphatic rings. The van der Waals surface area contributed by atoms with Crippen molar-refractivity contribution in [3.8, 4) is 0 Å². The summed E-state index contributed by atoms with van der Waals surface area (Å²) in [5, 5.41) is 4.25. The zero-order chi connectivity index (χ0) is 9.97. The Balaban J connectivity index is 1.84. The van der Waals surface area contributed by atoms with Crippen LogP contribution in [0.4, 0.5) is 0 Å². The van der Waals surface area contributed by atoms with Crippen LogP contribution in [0.5, 0.6) is 0 Å². The number of rotatable bonds is 3. The van der Waals surface area contributed by atoms with E-state index in [0.29, 0.717) is 6.04 Å². The van der Waals surface area contributed by atoms with E-state index in [0.717, 1.165) is 12.5 Å². The zero-order valence-electron chi connectivity index (χ0n) is 9.06. The van der Waals surface area contributed by atoms with Gasteiger partial charge < -0.3 is 4.90 Å². The first-order valence-corrected chi connectivity index (χ1v) is 5.47. The summed E-state index contributed by atoms with van der Waals surface area (Å²) in [5.41, 5.74) is 0. The van der Waals surface area contributed by atoms with Crippen LogP contribution in [0.15, 0.2) is 18.5 Å². The van der Waals surface area contributed by atoms with Gasteiger partial charge in [-0.05, 0) is 38.8 Å². The normalized spacial score (nSPS) is 23.5. The summed E-state index contributed by atoms with van der Waals surface area (Å²) in [7, 11) is 0. The highest BCUT2D eigenvalue weighted by atomic mass is 15.3. The van der Waals surface area contributed by atoms with E-state index in [1.54, 1.807) is 0 Å². The first-order valence-electron chi connectivity index (χ1n) is 5.47. The van der Waals surface area contributed by atoms with Gasteiger partial charge in [-0.3, -0.25) is 4.68 Å². The van der Waals surface area contributed by atoms with E-state index in [1.165, 1.54) is 19.5 Å². The molecule has 78 valence electrons. The maximum atomic E-state index is 4.25. The standard InChI is InChI=1S/C11H19N3/c1-10(2)13-7-4-11(8-13)9-14-6-3-5-12-14/h3,5-6,10-11H,4,7-9H2,1-2H3. The van der Waals surface area contributed by atoms with Crippen molar-refractivity contribution in [3.05, 3.63) is 18.5 Å². The average Bonchev–Trinajstić information content (AvgIpc) is 2.75. The fraction of sp³-hybridized carbons (Fsp3) is 0.727. The Morgan fingerprint density at radius 1 is 1.50 bits per heavy atom. The molecule has 1 aromatic rings. The second-order valence-electron chi connectivity index (χ2n) is 4.47. The second-order valence-corrected chi connectivity index (χ2v) is 4.47. The molecule has 1 fully saturated rings. The van der Waals surface area contributed by atoms with Gasteiger partial charge in [-0.25, -0.2) is 0 Å². The monoisotopic (exact) mass is 193 g/mol. The topological polar surface area (TPSA) is 21.1 Å². The van der Waals surface area contributed by atoms with Crippen LogP contribution in [-0.2, 0) is 6.54 Å². The lowest BCUT2D eigenvalue weighted by atomic mass is 10.1. The molecule has 1 atom stereocenters. The van der Waals surface area contributed by atoms with Gasteiger partial charge >= 0.3 is 0 Å². The van der Waals surface area contributed by atoms with Crippen molar-refractivity contribution >= 4 is 0 Å². The maximum absolute atomic E-state index is 4.25. The fourth-order valence-electron chi connectivity index (χ4n) is 2.15. The number of aromatic nitrogens is 2. The summed E-state index contributed by atoms with van der Waals surface area (Å²) < 4.78 is 2.05. The van der Waals surface area contributed by atoms with Gasteiger partial charge in [-0.15, -0.1) is 0 Å². The van der Waals surface area contributed by atoms with Crippen molar-refractivity contribution in [2.75, 3.05) is 13.1 Å². The molecule has 0 saturated carbocycles. The highest BCUT2D eigenvalue weighted by molar-refractivity contribution is 4.82. The lowest BCUT2D eigenvalue weighted by Crippen LogP contribution is -2.28. The largest absolute Gasteiger partial charge is 0.301 e. The Kier molecular flexibility index (Phi) is 2.87. The quantitative estimate of drug-likeness (QED) is 0.727. The molecule has 3 nitrogen and oxygen atoms in total. The first kappa shape index (κ1) is 9.71. The lowest BCUT2D eigenvalue weighted by molar-refractivity contribution is 0.259.